The van der Waals surface area contributed by atoms with Gasteiger partial charge in [-0.2, -0.15) is 0 Å². The largest absolute Gasteiger partial charge is 0.396 e. The van der Waals surface area contributed by atoms with E-state index < -0.39 is 10.0 Å². The second kappa shape index (κ2) is 6.53. The Bertz CT molecular complexity index is 719. The van der Waals surface area contributed by atoms with Crippen LogP contribution in [0.2, 0.25) is 0 Å². The van der Waals surface area contributed by atoms with E-state index in [4.69, 9.17) is 5.11 Å². The summed E-state index contributed by atoms with van der Waals surface area (Å²) in [5, 5.41) is 9.82. The molecule has 1 unspecified atom stereocenters. The Hall–Kier alpha value is -0.800. The minimum Gasteiger partial charge on any atom is -0.396 e. The molecule has 0 aliphatic heterocycles. The Kier molecular flexibility index (Phi) is 5.15. The fraction of sp³-hybridized carbons (Fsp3) is 0.462. The van der Waals surface area contributed by atoms with E-state index in [1.165, 1.54) is 22.7 Å². The van der Waals surface area contributed by atoms with Crippen molar-refractivity contribution in [2.24, 2.45) is 0 Å². The fourth-order valence-electron chi connectivity index (χ4n) is 2.04. The normalized spacial score (nSPS) is 13.5. The van der Waals surface area contributed by atoms with Crippen molar-refractivity contribution in [3.63, 3.8) is 0 Å². The third-order valence-electron chi connectivity index (χ3n) is 2.92. The Morgan fingerprint density at radius 3 is 2.62 bits per heavy atom. The first kappa shape index (κ1) is 16.6. The molecule has 2 aromatic rings. The van der Waals surface area contributed by atoms with E-state index in [1.54, 1.807) is 12.1 Å². The highest BCUT2D eigenvalue weighted by atomic mass is 32.2. The number of aryl methyl sites for hydroxylation is 2. The molecule has 0 radical (unpaired) electrons. The van der Waals surface area contributed by atoms with Crippen molar-refractivity contribution in [1.82, 2.24) is 9.71 Å². The molecule has 2 rings (SSSR count). The molecule has 0 aliphatic carbocycles. The zero-order valence-corrected chi connectivity index (χ0v) is 14.5. The first-order chi connectivity index (χ1) is 9.83. The first-order valence-corrected chi connectivity index (χ1v) is 9.61. The van der Waals surface area contributed by atoms with Crippen LogP contribution in [0.3, 0.4) is 0 Å². The van der Waals surface area contributed by atoms with Crippen LogP contribution < -0.4 is 4.72 Å². The molecule has 1 atom stereocenters. The summed E-state index contributed by atoms with van der Waals surface area (Å²) < 4.78 is 27.7. The van der Waals surface area contributed by atoms with E-state index in [9.17, 15) is 8.42 Å². The van der Waals surface area contributed by atoms with Crippen LogP contribution in [0.15, 0.2) is 16.3 Å². The van der Waals surface area contributed by atoms with Gasteiger partial charge in [0, 0.05) is 22.8 Å². The number of rotatable bonds is 6. The molecule has 0 saturated heterocycles. The predicted molar refractivity (Wildman–Crippen MR) is 85.4 cm³/mol. The Morgan fingerprint density at radius 1 is 1.33 bits per heavy atom. The summed E-state index contributed by atoms with van der Waals surface area (Å²) in [6, 6.07) is 3.00. The van der Waals surface area contributed by atoms with Gasteiger partial charge in [0.2, 0.25) is 0 Å². The lowest BCUT2D eigenvalue weighted by atomic mass is 10.2. The van der Waals surface area contributed by atoms with E-state index >= 15 is 0 Å². The average molecular weight is 346 g/mol. The number of sulfonamides is 1. The molecule has 8 heteroatoms. The summed E-state index contributed by atoms with van der Waals surface area (Å²) in [5.74, 6) is 0. The molecule has 5 nitrogen and oxygen atoms in total. The number of nitrogens with one attached hydrogen (secondary N) is 1. The maximum absolute atomic E-state index is 12.4. The van der Waals surface area contributed by atoms with Gasteiger partial charge in [-0.05, 0) is 32.9 Å². The molecule has 0 spiro atoms. The van der Waals surface area contributed by atoms with Crippen LogP contribution in [0.1, 0.15) is 33.4 Å². The highest BCUT2D eigenvalue weighted by molar-refractivity contribution is 7.91. The van der Waals surface area contributed by atoms with E-state index in [2.05, 4.69) is 9.71 Å². The molecule has 0 fully saturated rings. The van der Waals surface area contributed by atoms with Crippen molar-refractivity contribution >= 4 is 32.7 Å². The van der Waals surface area contributed by atoms with Crippen LogP contribution in [0.4, 0.5) is 0 Å². The van der Waals surface area contributed by atoms with Gasteiger partial charge >= 0.3 is 0 Å². The van der Waals surface area contributed by atoms with Crippen molar-refractivity contribution in [1.29, 1.82) is 0 Å². The zero-order chi connectivity index (χ0) is 15.6. The van der Waals surface area contributed by atoms with Gasteiger partial charge < -0.3 is 5.11 Å². The summed E-state index contributed by atoms with van der Waals surface area (Å²) in [7, 11) is -3.55. The van der Waals surface area contributed by atoms with Crippen LogP contribution in [0, 0.1) is 13.8 Å². The molecule has 21 heavy (non-hydrogen) atoms. The average Bonchev–Trinajstić information content (AvgIpc) is 2.96. The minimum absolute atomic E-state index is 0.0170. The van der Waals surface area contributed by atoms with Gasteiger partial charge in [0.05, 0.1) is 16.7 Å². The Morgan fingerprint density at radius 2 is 2.05 bits per heavy atom. The second-order valence-electron chi connectivity index (χ2n) is 4.72. The third kappa shape index (κ3) is 3.89. The minimum atomic E-state index is -3.55. The van der Waals surface area contributed by atoms with Gasteiger partial charge in [0.1, 0.15) is 4.21 Å². The summed E-state index contributed by atoms with van der Waals surface area (Å²) in [5.41, 5.74) is 0.861. The fourth-order valence-corrected chi connectivity index (χ4v) is 5.62. The summed E-state index contributed by atoms with van der Waals surface area (Å²) in [6.45, 7) is 5.62. The van der Waals surface area contributed by atoms with Crippen molar-refractivity contribution in [2.45, 2.75) is 37.4 Å². The second-order valence-corrected chi connectivity index (χ2v) is 9.06. The summed E-state index contributed by atoms with van der Waals surface area (Å²) in [6.07, 6.45) is 0.475. The molecule has 0 bridgehead atoms. The van der Waals surface area contributed by atoms with E-state index in [0.29, 0.717) is 6.42 Å². The standard InChI is InChI=1S/C13H18N2O3S3/c1-8-13(19-10(3)14-8)9(2)15-21(17,18)12-5-4-11(20-12)6-7-16/h4-5,9,15-16H,6-7H2,1-3H3. The number of thiophene rings is 1. The molecular weight excluding hydrogens is 328 g/mol. The molecule has 0 aromatic carbocycles. The smallest absolute Gasteiger partial charge is 0.250 e. The SMILES string of the molecule is Cc1nc(C)c(C(C)NS(=O)(=O)c2ccc(CCO)s2)s1. The monoisotopic (exact) mass is 346 g/mol. The molecule has 2 N–H and O–H groups in total. The maximum atomic E-state index is 12.4. The van der Waals surface area contributed by atoms with Gasteiger partial charge in [-0.3, -0.25) is 0 Å². The topological polar surface area (TPSA) is 79.3 Å². The number of aliphatic hydroxyl groups excluding tert-OH is 1. The molecular formula is C13H18N2O3S3. The number of aromatic nitrogens is 1. The van der Waals surface area contributed by atoms with Crippen molar-refractivity contribution in [3.8, 4) is 0 Å². The summed E-state index contributed by atoms with van der Waals surface area (Å²) in [4.78, 5) is 6.11. The number of hydrogen-bond donors (Lipinski definition) is 2. The van der Waals surface area contributed by atoms with Crippen molar-refractivity contribution in [2.75, 3.05) is 6.61 Å². The Labute approximate surface area is 132 Å². The van der Waals surface area contributed by atoms with Crippen LogP contribution in [0.25, 0.3) is 0 Å². The lowest BCUT2D eigenvalue weighted by Crippen LogP contribution is -2.26. The van der Waals surface area contributed by atoms with Crippen LogP contribution >= 0.6 is 22.7 Å². The van der Waals surface area contributed by atoms with Gasteiger partial charge in [0.25, 0.3) is 10.0 Å². The lowest BCUT2D eigenvalue weighted by Gasteiger charge is -2.12. The van der Waals surface area contributed by atoms with Gasteiger partial charge in [-0.15, -0.1) is 22.7 Å². The van der Waals surface area contributed by atoms with Gasteiger partial charge in [0.15, 0.2) is 0 Å². The van der Waals surface area contributed by atoms with Gasteiger partial charge in [-0.25, -0.2) is 18.1 Å². The zero-order valence-electron chi connectivity index (χ0n) is 12.1. The number of aliphatic hydroxyl groups is 1. The molecule has 0 saturated carbocycles. The Balaban J connectivity index is 2.18. The summed E-state index contributed by atoms with van der Waals surface area (Å²) >= 11 is 2.69. The molecule has 2 aromatic heterocycles. The van der Waals surface area contributed by atoms with Crippen LogP contribution in [0.5, 0.6) is 0 Å². The third-order valence-corrected chi connectivity index (χ3v) is 7.36. The maximum Gasteiger partial charge on any atom is 0.250 e. The molecule has 116 valence electrons. The van der Waals surface area contributed by atoms with E-state index in [0.717, 1.165) is 20.5 Å². The van der Waals surface area contributed by atoms with Crippen molar-refractivity contribution in [3.05, 3.63) is 32.6 Å². The van der Waals surface area contributed by atoms with Crippen LogP contribution in [-0.2, 0) is 16.4 Å². The van der Waals surface area contributed by atoms with E-state index in [1.807, 2.05) is 20.8 Å². The van der Waals surface area contributed by atoms with Crippen LogP contribution in [-0.4, -0.2) is 25.1 Å². The first-order valence-electron chi connectivity index (χ1n) is 6.49. The van der Waals surface area contributed by atoms with Gasteiger partial charge in [-0.1, -0.05) is 0 Å². The molecule has 2 heterocycles. The predicted octanol–water partition coefficient (Wildman–Crippen LogP) is 2.40. The quantitative estimate of drug-likeness (QED) is 0.842. The highest BCUT2D eigenvalue weighted by Crippen LogP contribution is 2.28. The lowest BCUT2D eigenvalue weighted by molar-refractivity contribution is 0.300. The molecule has 0 amide bonds. The number of thiazole rings is 1. The van der Waals surface area contributed by atoms with Crippen molar-refractivity contribution < 1.29 is 13.5 Å². The number of nitrogens with zero attached hydrogens (tertiary/aromatic N) is 1. The number of hydrogen-bond acceptors (Lipinski definition) is 6. The van der Waals surface area contributed by atoms with E-state index in [-0.39, 0.29) is 16.9 Å². The highest BCUT2D eigenvalue weighted by Gasteiger charge is 2.22. The molecule has 0 aliphatic rings.